The van der Waals surface area contributed by atoms with Gasteiger partial charge in [0.1, 0.15) is 35.7 Å². The van der Waals surface area contributed by atoms with Crippen LogP contribution >= 0.6 is 11.6 Å². The van der Waals surface area contributed by atoms with Gasteiger partial charge in [0.05, 0.1) is 18.7 Å². The Morgan fingerprint density at radius 2 is 2.04 bits per heavy atom. The molecule has 1 aromatic carbocycles. The Balaban J connectivity index is 2.11. The van der Waals surface area contributed by atoms with Crippen LogP contribution < -0.4 is 0 Å². The first kappa shape index (κ1) is 18.3. The van der Waals surface area contributed by atoms with E-state index in [4.69, 9.17) is 11.6 Å². The van der Waals surface area contributed by atoms with E-state index in [9.17, 15) is 18.3 Å². The van der Waals surface area contributed by atoms with Crippen LogP contribution in [0.15, 0.2) is 37.1 Å². The van der Waals surface area contributed by atoms with Gasteiger partial charge < -0.3 is 5.11 Å². The first-order chi connectivity index (χ1) is 12.3. The molecule has 3 aromatic rings. The van der Waals surface area contributed by atoms with Crippen molar-refractivity contribution in [2.45, 2.75) is 25.0 Å². The summed E-state index contributed by atoms with van der Waals surface area (Å²) in [5.74, 6) is -3.52. The lowest BCUT2D eigenvalue weighted by molar-refractivity contribution is -0.0136. The molecule has 2 atom stereocenters. The Hall–Kier alpha value is -2.52. The lowest BCUT2D eigenvalue weighted by Gasteiger charge is -2.34. The van der Waals surface area contributed by atoms with Gasteiger partial charge >= 0.3 is 0 Å². The second kappa shape index (κ2) is 7.00. The van der Waals surface area contributed by atoms with Crippen LogP contribution in [0.25, 0.3) is 0 Å². The molecule has 0 aliphatic carbocycles. The second-order valence-electron chi connectivity index (χ2n) is 5.73. The van der Waals surface area contributed by atoms with Gasteiger partial charge in [0.15, 0.2) is 11.0 Å². The number of hydrogen-bond donors (Lipinski definition) is 1. The highest BCUT2D eigenvalue weighted by Crippen LogP contribution is 2.38. The Morgan fingerprint density at radius 1 is 1.27 bits per heavy atom. The van der Waals surface area contributed by atoms with Gasteiger partial charge in [-0.15, -0.1) is 0 Å². The van der Waals surface area contributed by atoms with Crippen molar-refractivity contribution in [3.63, 3.8) is 0 Å². The Labute approximate surface area is 151 Å². The maximum absolute atomic E-state index is 14.4. The zero-order chi connectivity index (χ0) is 18.9. The molecule has 0 aliphatic heterocycles. The highest BCUT2D eigenvalue weighted by atomic mass is 35.5. The third-order valence-electron chi connectivity index (χ3n) is 4.09. The monoisotopic (exact) mass is 383 g/mol. The number of halogens is 4. The summed E-state index contributed by atoms with van der Waals surface area (Å²) in [6.45, 7) is 1.29. The molecular weight excluding hydrogens is 371 g/mol. The van der Waals surface area contributed by atoms with Crippen LogP contribution in [-0.2, 0) is 12.1 Å². The molecule has 0 aliphatic rings. The van der Waals surface area contributed by atoms with Gasteiger partial charge in [-0.2, -0.15) is 5.10 Å². The third kappa shape index (κ3) is 3.40. The van der Waals surface area contributed by atoms with Crippen LogP contribution in [0.3, 0.4) is 0 Å². The van der Waals surface area contributed by atoms with Gasteiger partial charge in [-0.1, -0.05) is 24.6 Å². The summed E-state index contributed by atoms with van der Waals surface area (Å²) in [4.78, 5) is 11.4. The molecule has 0 fully saturated rings. The quantitative estimate of drug-likeness (QED) is 0.686. The van der Waals surface area contributed by atoms with E-state index in [1.54, 1.807) is 0 Å². The highest BCUT2D eigenvalue weighted by molar-refractivity contribution is 6.29. The van der Waals surface area contributed by atoms with Gasteiger partial charge in [-0.05, 0) is 6.07 Å². The predicted octanol–water partition coefficient (Wildman–Crippen LogP) is 2.83. The number of aliphatic hydroxyl groups is 1. The fourth-order valence-electron chi connectivity index (χ4n) is 2.64. The zero-order valence-corrected chi connectivity index (χ0v) is 14.2. The van der Waals surface area contributed by atoms with Crippen LogP contribution in [0.2, 0.25) is 5.15 Å². The van der Waals surface area contributed by atoms with Crippen LogP contribution in [0, 0.1) is 17.5 Å². The fraction of sp³-hybridized carbons (Fsp3) is 0.250. The molecule has 0 radical (unpaired) electrons. The van der Waals surface area contributed by atoms with Crippen molar-refractivity contribution in [2.24, 2.45) is 0 Å². The lowest BCUT2D eigenvalue weighted by Crippen LogP contribution is -2.39. The fourth-order valence-corrected chi connectivity index (χ4v) is 2.77. The van der Waals surface area contributed by atoms with E-state index >= 15 is 0 Å². The minimum Gasteiger partial charge on any atom is -0.382 e. The summed E-state index contributed by atoms with van der Waals surface area (Å²) in [6.07, 6.45) is 3.44. The van der Waals surface area contributed by atoms with Gasteiger partial charge in [-0.3, -0.25) is 0 Å². The molecule has 0 spiro atoms. The number of aromatic nitrogens is 5. The molecule has 0 amide bonds. The minimum absolute atomic E-state index is 0.0114. The molecule has 10 heteroatoms. The summed E-state index contributed by atoms with van der Waals surface area (Å²) >= 11 is 5.69. The smallest absolute Gasteiger partial charge is 0.178 e. The maximum atomic E-state index is 14.4. The Morgan fingerprint density at radius 3 is 2.65 bits per heavy atom. The Kier molecular flexibility index (Phi) is 4.92. The van der Waals surface area contributed by atoms with Gasteiger partial charge in [0, 0.05) is 11.6 Å². The first-order valence-corrected chi connectivity index (χ1v) is 7.87. The maximum Gasteiger partial charge on any atom is 0.178 e. The number of rotatable bonds is 5. The third-order valence-corrected chi connectivity index (χ3v) is 4.36. The molecular formula is C16H13ClF3N5O. The van der Waals surface area contributed by atoms with Crippen molar-refractivity contribution in [1.29, 1.82) is 0 Å². The number of hydrogen-bond acceptors (Lipinski definition) is 5. The average Bonchev–Trinajstić information content (AvgIpc) is 3.09. The van der Waals surface area contributed by atoms with Gasteiger partial charge in [0.2, 0.25) is 0 Å². The minimum atomic E-state index is -1.94. The van der Waals surface area contributed by atoms with Crippen molar-refractivity contribution in [2.75, 3.05) is 0 Å². The van der Waals surface area contributed by atoms with E-state index in [1.165, 1.54) is 24.3 Å². The molecule has 0 saturated heterocycles. The molecule has 26 heavy (non-hydrogen) atoms. The molecule has 3 rings (SSSR count). The highest BCUT2D eigenvalue weighted by Gasteiger charge is 2.41. The van der Waals surface area contributed by atoms with Crippen molar-refractivity contribution >= 4 is 11.6 Å². The summed E-state index contributed by atoms with van der Waals surface area (Å²) in [6, 6.07) is 2.81. The lowest BCUT2D eigenvalue weighted by atomic mass is 9.81. The molecule has 0 bridgehead atoms. The predicted molar refractivity (Wildman–Crippen MR) is 85.7 cm³/mol. The van der Waals surface area contributed by atoms with E-state index in [0.29, 0.717) is 6.07 Å². The van der Waals surface area contributed by atoms with E-state index in [1.807, 2.05) is 0 Å². The molecule has 2 heterocycles. The molecule has 6 nitrogen and oxygen atoms in total. The van der Waals surface area contributed by atoms with Crippen LogP contribution in [0.1, 0.15) is 24.2 Å². The van der Waals surface area contributed by atoms with Crippen LogP contribution in [0.5, 0.6) is 0 Å². The van der Waals surface area contributed by atoms with Crippen LogP contribution in [0.4, 0.5) is 13.2 Å². The Bertz CT molecular complexity index is 924. The molecule has 136 valence electrons. The largest absolute Gasteiger partial charge is 0.382 e. The average molecular weight is 384 g/mol. The van der Waals surface area contributed by atoms with E-state index < -0.39 is 34.1 Å². The summed E-state index contributed by atoms with van der Waals surface area (Å²) in [7, 11) is 0. The van der Waals surface area contributed by atoms with E-state index in [-0.39, 0.29) is 17.9 Å². The standard InChI is InChI=1S/C16H13ClF3N5O/c1-9(15-22-5-13(20)14(17)24-15)16(26,6-25-8-21-7-23-25)11-3-2-10(18)4-12(11)19/h2-5,7-9,26H,6H2,1H3/t9-,16+/m0/s1. The molecule has 0 unspecified atom stereocenters. The summed E-state index contributed by atoms with van der Waals surface area (Å²) in [5, 5.41) is 14.8. The van der Waals surface area contributed by atoms with Gasteiger partial charge in [0.25, 0.3) is 0 Å². The van der Waals surface area contributed by atoms with Crippen LogP contribution in [-0.4, -0.2) is 29.8 Å². The topological polar surface area (TPSA) is 76.7 Å². The molecule has 0 saturated carbocycles. The molecule has 1 N–H and O–H groups in total. The zero-order valence-electron chi connectivity index (χ0n) is 13.4. The number of benzene rings is 1. The SMILES string of the molecule is C[C@@H](c1ncc(F)c(Cl)n1)[C@](O)(Cn1cncn1)c1ccc(F)cc1F. The number of nitrogens with zero attached hydrogens (tertiary/aromatic N) is 5. The van der Waals surface area contributed by atoms with Crippen molar-refractivity contribution in [1.82, 2.24) is 24.7 Å². The normalized spacial score (nSPS) is 14.8. The molecule has 2 aromatic heterocycles. The summed E-state index contributed by atoms with van der Waals surface area (Å²) in [5.41, 5.74) is -2.13. The van der Waals surface area contributed by atoms with Crippen molar-refractivity contribution in [3.05, 3.63) is 71.0 Å². The second-order valence-corrected chi connectivity index (χ2v) is 6.09. The summed E-state index contributed by atoms with van der Waals surface area (Å²) < 4.78 is 42.4. The van der Waals surface area contributed by atoms with Crippen molar-refractivity contribution < 1.29 is 18.3 Å². The van der Waals surface area contributed by atoms with E-state index in [0.717, 1.165) is 18.3 Å². The van der Waals surface area contributed by atoms with Gasteiger partial charge in [-0.25, -0.2) is 32.8 Å². The van der Waals surface area contributed by atoms with Crippen molar-refractivity contribution in [3.8, 4) is 0 Å². The first-order valence-electron chi connectivity index (χ1n) is 7.49. The van der Waals surface area contributed by atoms with E-state index in [2.05, 4.69) is 20.1 Å².